The summed E-state index contributed by atoms with van der Waals surface area (Å²) in [5, 5.41) is 0. The average Bonchev–Trinajstić information content (AvgIpc) is 2.62. The molecule has 5 nitrogen and oxygen atoms in total. The van der Waals surface area contributed by atoms with E-state index in [0.29, 0.717) is 13.0 Å². The Morgan fingerprint density at radius 2 is 2.00 bits per heavy atom. The molecule has 1 radical (unpaired) electrons. The molecular formula is C10H16NO4Sn. The molecule has 6 heteroatoms. The second-order valence-corrected chi connectivity index (χ2v) is 6.79. The maximum atomic E-state index is 11.8. The number of rotatable bonds is 2. The topological polar surface area (TPSA) is 63.7 Å². The van der Waals surface area contributed by atoms with Gasteiger partial charge in [-0.25, -0.2) is 0 Å². The van der Waals surface area contributed by atoms with Crippen molar-refractivity contribution in [2.24, 2.45) is 0 Å². The number of carbonyl (C=O) groups is 2. The van der Waals surface area contributed by atoms with Gasteiger partial charge in [-0.05, 0) is 0 Å². The van der Waals surface area contributed by atoms with Gasteiger partial charge in [0.15, 0.2) is 0 Å². The molecule has 0 bridgehead atoms. The number of nitrogens with zero attached hydrogens (tertiary/aromatic N) is 1. The fourth-order valence-corrected chi connectivity index (χ4v) is 2.89. The Labute approximate surface area is 105 Å². The van der Waals surface area contributed by atoms with Gasteiger partial charge in [-0.1, -0.05) is 0 Å². The number of amides is 1. The summed E-state index contributed by atoms with van der Waals surface area (Å²) in [7, 11) is 0. The molecule has 89 valence electrons. The third kappa shape index (κ3) is 3.53. The normalized spacial score (nSPS) is 20.7. The molecule has 1 saturated heterocycles. The summed E-state index contributed by atoms with van der Waals surface area (Å²) in [6.07, 6.45) is 0.909. The molecule has 0 N–H and O–H groups in total. The molecule has 1 amide bonds. The van der Waals surface area contributed by atoms with Gasteiger partial charge in [0.05, 0.1) is 0 Å². The van der Waals surface area contributed by atoms with Crippen LogP contribution in [0, 0.1) is 0 Å². The summed E-state index contributed by atoms with van der Waals surface area (Å²) in [5.74, 6) is 0. The molecule has 1 aliphatic heterocycles. The summed E-state index contributed by atoms with van der Waals surface area (Å²) < 4.78 is 15.7. The summed E-state index contributed by atoms with van der Waals surface area (Å²) in [6, 6.07) is -0.501. The third-order valence-corrected chi connectivity index (χ3v) is 3.81. The number of hydrogen-bond acceptors (Lipinski definition) is 4. The van der Waals surface area contributed by atoms with E-state index in [9.17, 15) is 12.7 Å². The van der Waals surface area contributed by atoms with E-state index in [1.54, 1.807) is 20.8 Å². The molecule has 0 aromatic heterocycles. The van der Waals surface area contributed by atoms with Crippen molar-refractivity contribution >= 4 is 31.0 Å². The SMILES string of the molecule is CC(C)(C)OC(=O)N1CCC[C@H]1[C](=O)[Sn]=[O]. The number of ether oxygens (including phenoxy) is 1. The fourth-order valence-electron chi connectivity index (χ4n) is 1.65. The summed E-state index contributed by atoms with van der Waals surface area (Å²) in [6.45, 7) is 5.86. The second-order valence-electron chi connectivity index (χ2n) is 4.80. The fraction of sp³-hybridized carbons (Fsp3) is 0.800. The van der Waals surface area contributed by atoms with Crippen LogP contribution in [0.15, 0.2) is 0 Å². The van der Waals surface area contributed by atoms with E-state index in [1.165, 1.54) is 4.90 Å². The van der Waals surface area contributed by atoms with Gasteiger partial charge in [0.25, 0.3) is 0 Å². The zero-order chi connectivity index (χ0) is 12.3. The van der Waals surface area contributed by atoms with Crippen molar-refractivity contribution in [2.45, 2.75) is 45.3 Å². The van der Waals surface area contributed by atoms with Crippen LogP contribution < -0.4 is 0 Å². The van der Waals surface area contributed by atoms with Gasteiger partial charge in [-0.15, -0.1) is 0 Å². The Balaban J connectivity index is 2.68. The van der Waals surface area contributed by atoms with E-state index >= 15 is 0 Å². The molecule has 0 aromatic carbocycles. The van der Waals surface area contributed by atoms with Gasteiger partial charge in [0.1, 0.15) is 0 Å². The number of likely N-dealkylation sites (tertiary alicyclic amines) is 1. The molecule has 1 rings (SSSR count). The standard InChI is InChI=1S/C10H16NO3.O.Sn/c1-10(2,3)14-9(13)11-6-4-5-8(11)7-12;;/h8H,4-6H2,1-3H3;;/t8-;;/m0../s1. The molecule has 1 heterocycles. The Bertz CT molecular complexity index is 310. The van der Waals surface area contributed by atoms with Crippen molar-refractivity contribution < 1.29 is 17.4 Å². The molecule has 0 saturated carbocycles. The molecule has 0 unspecified atom stereocenters. The second kappa shape index (κ2) is 5.25. The van der Waals surface area contributed by atoms with E-state index < -0.39 is 38.9 Å². The van der Waals surface area contributed by atoms with Crippen LogP contribution in [-0.4, -0.2) is 54.1 Å². The van der Waals surface area contributed by atoms with Crippen molar-refractivity contribution in [1.29, 1.82) is 0 Å². The minimum absolute atomic E-state index is 0.257. The van der Waals surface area contributed by atoms with E-state index in [-0.39, 0.29) is 3.80 Å². The van der Waals surface area contributed by atoms with Crippen LogP contribution in [0.5, 0.6) is 0 Å². The molecule has 1 fully saturated rings. The quantitative estimate of drug-likeness (QED) is 0.707. The number of carbonyl (C=O) groups excluding carboxylic acids is 2. The van der Waals surface area contributed by atoms with Gasteiger partial charge >= 0.3 is 105 Å². The predicted molar refractivity (Wildman–Crippen MR) is 57.4 cm³/mol. The van der Waals surface area contributed by atoms with Gasteiger partial charge in [0.2, 0.25) is 0 Å². The van der Waals surface area contributed by atoms with Gasteiger partial charge in [0, 0.05) is 0 Å². The van der Waals surface area contributed by atoms with Crippen LogP contribution >= 0.6 is 0 Å². The summed E-state index contributed by atoms with van der Waals surface area (Å²) in [5.41, 5.74) is -0.565. The first kappa shape index (κ1) is 13.6. The Hall–Kier alpha value is -0.461. The van der Waals surface area contributed by atoms with Crippen LogP contribution in [0.2, 0.25) is 0 Å². The number of hydrogen-bond donors (Lipinski definition) is 0. The van der Waals surface area contributed by atoms with Crippen molar-refractivity contribution in [3.63, 3.8) is 0 Å². The van der Waals surface area contributed by atoms with Crippen LogP contribution in [0.4, 0.5) is 4.79 Å². The van der Waals surface area contributed by atoms with Crippen LogP contribution in [0.1, 0.15) is 33.6 Å². The van der Waals surface area contributed by atoms with Gasteiger partial charge in [-0.2, -0.15) is 0 Å². The van der Waals surface area contributed by atoms with Crippen molar-refractivity contribution in [3.05, 3.63) is 0 Å². The van der Waals surface area contributed by atoms with E-state index in [4.69, 9.17) is 4.74 Å². The zero-order valence-electron chi connectivity index (χ0n) is 9.78. The Morgan fingerprint density at radius 1 is 1.38 bits per heavy atom. The first-order valence-corrected chi connectivity index (χ1v) is 7.86. The zero-order valence-corrected chi connectivity index (χ0v) is 12.6. The Morgan fingerprint density at radius 3 is 2.50 bits per heavy atom. The van der Waals surface area contributed by atoms with Crippen LogP contribution in [-0.2, 0) is 12.6 Å². The molecule has 16 heavy (non-hydrogen) atoms. The molecule has 0 aliphatic carbocycles. The van der Waals surface area contributed by atoms with E-state index in [1.807, 2.05) is 0 Å². The molecular weight excluding hydrogens is 317 g/mol. The van der Waals surface area contributed by atoms with E-state index in [2.05, 4.69) is 0 Å². The van der Waals surface area contributed by atoms with Crippen molar-refractivity contribution in [2.75, 3.05) is 6.54 Å². The van der Waals surface area contributed by atoms with Gasteiger partial charge < -0.3 is 0 Å². The Kier molecular flexibility index (Phi) is 4.46. The summed E-state index contributed by atoms with van der Waals surface area (Å²) in [4.78, 5) is 24.6. The van der Waals surface area contributed by atoms with Crippen molar-refractivity contribution in [3.8, 4) is 0 Å². The van der Waals surface area contributed by atoms with Crippen LogP contribution in [0.3, 0.4) is 0 Å². The predicted octanol–water partition coefficient (Wildman–Crippen LogP) is 0.962. The third-order valence-electron chi connectivity index (χ3n) is 2.28. The van der Waals surface area contributed by atoms with Crippen LogP contribution in [0.25, 0.3) is 0 Å². The van der Waals surface area contributed by atoms with Crippen molar-refractivity contribution in [1.82, 2.24) is 4.90 Å². The van der Waals surface area contributed by atoms with E-state index in [0.717, 1.165) is 6.42 Å². The maximum absolute atomic E-state index is 11.8. The first-order valence-electron chi connectivity index (χ1n) is 5.27. The first-order chi connectivity index (χ1) is 7.35. The molecule has 0 spiro atoms. The monoisotopic (exact) mass is 334 g/mol. The minimum atomic E-state index is -2.20. The van der Waals surface area contributed by atoms with Gasteiger partial charge in [-0.3, -0.25) is 0 Å². The molecule has 1 aliphatic rings. The summed E-state index contributed by atoms with van der Waals surface area (Å²) >= 11 is -2.20. The molecule has 0 aromatic rings. The molecule has 1 atom stereocenters. The average molecular weight is 333 g/mol.